The van der Waals surface area contributed by atoms with Crippen molar-refractivity contribution in [3.05, 3.63) is 91.3 Å². The van der Waals surface area contributed by atoms with Crippen molar-refractivity contribution in [2.45, 2.75) is 26.8 Å². The fourth-order valence-corrected chi connectivity index (χ4v) is 4.99. The molecule has 0 aliphatic rings. The maximum atomic E-state index is 13.6. The average molecular weight is 543 g/mol. The monoisotopic (exact) mass is 542 g/mol. The van der Waals surface area contributed by atoms with Crippen molar-refractivity contribution in [1.82, 2.24) is 24.9 Å². The van der Waals surface area contributed by atoms with Crippen LogP contribution < -0.4 is 16.5 Å². The van der Waals surface area contributed by atoms with Crippen LogP contribution in [0, 0.1) is 13.8 Å². The predicted molar refractivity (Wildman–Crippen MR) is 149 cm³/mol. The van der Waals surface area contributed by atoms with Crippen LogP contribution in [-0.4, -0.2) is 24.9 Å². The van der Waals surface area contributed by atoms with Crippen LogP contribution in [0.4, 0.5) is 5.69 Å². The van der Waals surface area contributed by atoms with Gasteiger partial charge in [-0.15, -0.1) is 0 Å². The van der Waals surface area contributed by atoms with Gasteiger partial charge in [-0.1, -0.05) is 22.8 Å². The van der Waals surface area contributed by atoms with Gasteiger partial charge in [-0.05, 0) is 62.7 Å². The summed E-state index contributed by atoms with van der Waals surface area (Å²) >= 11 is 6.13. The number of hydrogen-bond acceptors (Lipinski definition) is 8. The molecule has 0 aliphatic carbocycles. The summed E-state index contributed by atoms with van der Waals surface area (Å²) in [6.07, 6.45) is 1.79. The molecule has 0 spiro atoms. The Balaban J connectivity index is 1.49. The van der Waals surface area contributed by atoms with E-state index in [1.165, 1.54) is 0 Å². The molecular weight excluding hydrogens is 520 g/mol. The van der Waals surface area contributed by atoms with Gasteiger partial charge in [0.15, 0.2) is 5.43 Å². The van der Waals surface area contributed by atoms with E-state index in [1.54, 1.807) is 29.9 Å². The third-order valence-electron chi connectivity index (χ3n) is 6.76. The van der Waals surface area contributed by atoms with Crippen molar-refractivity contribution in [3.8, 4) is 22.8 Å². The van der Waals surface area contributed by atoms with Crippen LogP contribution in [0.15, 0.2) is 67.2 Å². The summed E-state index contributed by atoms with van der Waals surface area (Å²) in [6, 6.07) is 12.7. The van der Waals surface area contributed by atoms with E-state index in [0.717, 1.165) is 27.6 Å². The van der Waals surface area contributed by atoms with Crippen molar-refractivity contribution in [2.24, 2.45) is 7.05 Å². The van der Waals surface area contributed by atoms with Gasteiger partial charge in [0, 0.05) is 29.1 Å². The van der Waals surface area contributed by atoms with Crippen molar-refractivity contribution >= 4 is 39.2 Å². The summed E-state index contributed by atoms with van der Waals surface area (Å²) in [7, 11) is 1.88. The van der Waals surface area contributed by atoms with E-state index in [2.05, 4.69) is 30.1 Å². The van der Waals surface area contributed by atoms with Gasteiger partial charge in [0.1, 0.15) is 22.2 Å². The highest BCUT2D eigenvalue weighted by Gasteiger charge is 2.21. The normalized spacial score (nSPS) is 12.3. The van der Waals surface area contributed by atoms with Crippen LogP contribution in [0.2, 0.25) is 5.15 Å². The Morgan fingerprint density at radius 3 is 2.69 bits per heavy atom. The SMILES string of the molecule is Cc1cc(C(C)Nc2ccc(Cl)nc2-c2noc(=O)[nH]2)c2oc(-c3ccc4c(cnn4C)c3)c(C)c(=O)c2c1. The number of halogens is 1. The van der Waals surface area contributed by atoms with E-state index < -0.39 is 5.76 Å². The number of pyridine rings is 1. The lowest BCUT2D eigenvalue weighted by Crippen LogP contribution is -2.13. The Morgan fingerprint density at radius 2 is 1.92 bits per heavy atom. The van der Waals surface area contributed by atoms with E-state index in [-0.39, 0.29) is 22.4 Å². The molecule has 4 heterocycles. The Labute approximate surface area is 226 Å². The van der Waals surface area contributed by atoms with Crippen LogP contribution in [0.1, 0.15) is 29.7 Å². The zero-order valence-electron chi connectivity index (χ0n) is 21.5. The van der Waals surface area contributed by atoms with Gasteiger partial charge >= 0.3 is 5.76 Å². The summed E-state index contributed by atoms with van der Waals surface area (Å²) in [5.74, 6) is -0.0595. The van der Waals surface area contributed by atoms with E-state index in [9.17, 15) is 9.59 Å². The van der Waals surface area contributed by atoms with Gasteiger partial charge < -0.3 is 9.73 Å². The fraction of sp³-hybridized carbons (Fsp3) is 0.179. The van der Waals surface area contributed by atoms with Crippen LogP contribution in [0.25, 0.3) is 44.7 Å². The molecule has 1 unspecified atom stereocenters. The molecule has 6 rings (SSSR count). The summed E-state index contributed by atoms with van der Waals surface area (Å²) < 4.78 is 13.0. The minimum Gasteiger partial charge on any atom is -0.455 e. The highest BCUT2D eigenvalue weighted by Crippen LogP contribution is 2.34. The first-order valence-electron chi connectivity index (χ1n) is 12.2. The lowest BCUT2D eigenvalue weighted by atomic mass is 9.98. The zero-order valence-corrected chi connectivity index (χ0v) is 22.3. The molecule has 0 bridgehead atoms. The maximum Gasteiger partial charge on any atom is 0.439 e. The predicted octanol–water partition coefficient (Wildman–Crippen LogP) is 5.53. The molecule has 11 heteroatoms. The number of benzene rings is 2. The van der Waals surface area contributed by atoms with E-state index in [1.807, 2.05) is 51.2 Å². The zero-order chi connectivity index (χ0) is 27.4. The first kappa shape index (κ1) is 24.6. The van der Waals surface area contributed by atoms with E-state index in [4.69, 9.17) is 16.0 Å². The van der Waals surface area contributed by atoms with Crippen LogP contribution >= 0.6 is 11.6 Å². The number of fused-ring (bicyclic) bond motifs is 2. The number of aromatic amines is 1. The molecule has 0 fully saturated rings. The molecule has 0 amide bonds. The van der Waals surface area contributed by atoms with Crippen molar-refractivity contribution < 1.29 is 8.94 Å². The standard InChI is InChI=1S/C28H23ClN6O4/c1-13-9-18(15(3)31-20-6-8-22(29)32-23(20)27-33-28(37)39-34-27)26-19(10-13)24(36)14(2)25(38-26)16-5-7-21-17(11-16)12-30-35(21)4/h5-12,15,31H,1-4H3,(H,33,34,37). The number of anilines is 1. The summed E-state index contributed by atoms with van der Waals surface area (Å²) in [4.78, 5) is 32.0. The number of aromatic nitrogens is 5. The van der Waals surface area contributed by atoms with Gasteiger partial charge in [-0.3, -0.25) is 19.0 Å². The molecule has 2 aromatic carbocycles. The van der Waals surface area contributed by atoms with Crippen LogP contribution in [0.3, 0.4) is 0 Å². The number of rotatable bonds is 5. The molecule has 0 aliphatic heterocycles. The minimum atomic E-state index is -0.704. The second-order valence-electron chi connectivity index (χ2n) is 9.50. The second kappa shape index (κ2) is 9.25. The quantitative estimate of drug-likeness (QED) is 0.272. The molecular formula is C28H23ClN6O4. The first-order valence-corrected chi connectivity index (χ1v) is 12.6. The molecule has 39 heavy (non-hydrogen) atoms. The molecule has 1 atom stereocenters. The average Bonchev–Trinajstić information content (AvgIpc) is 3.52. The third kappa shape index (κ3) is 4.28. The molecule has 4 aromatic heterocycles. The fourth-order valence-electron chi connectivity index (χ4n) is 4.84. The van der Waals surface area contributed by atoms with Gasteiger partial charge in [-0.25, -0.2) is 9.78 Å². The Kier molecular flexibility index (Phi) is 5.84. The number of hydrogen-bond donors (Lipinski definition) is 2. The highest BCUT2D eigenvalue weighted by molar-refractivity contribution is 6.29. The Bertz CT molecular complexity index is 2020. The molecule has 196 valence electrons. The number of nitrogens with one attached hydrogen (secondary N) is 2. The minimum absolute atomic E-state index is 0.0938. The van der Waals surface area contributed by atoms with Crippen LogP contribution in [0.5, 0.6) is 0 Å². The number of aryl methyl sites for hydroxylation is 2. The summed E-state index contributed by atoms with van der Waals surface area (Å²) in [6.45, 7) is 5.66. The van der Waals surface area contributed by atoms with Gasteiger partial charge in [-0.2, -0.15) is 5.10 Å². The smallest absolute Gasteiger partial charge is 0.439 e. The van der Waals surface area contributed by atoms with Crippen molar-refractivity contribution in [2.75, 3.05) is 5.32 Å². The van der Waals surface area contributed by atoms with Gasteiger partial charge in [0.25, 0.3) is 0 Å². The molecule has 6 aromatic rings. The lowest BCUT2D eigenvalue weighted by molar-refractivity contribution is 0.388. The molecule has 0 saturated carbocycles. The molecule has 0 saturated heterocycles. The Morgan fingerprint density at radius 1 is 1.10 bits per heavy atom. The largest absolute Gasteiger partial charge is 0.455 e. The maximum absolute atomic E-state index is 13.6. The lowest BCUT2D eigenvalue weighted by Gasteiger charge is -2.20. The molecule has 2 N–H and O–H groups in total. The molecule has 10 nitrogen and oxygen atoms in total. The molecule has 0 radical (unpaired) electrons. The summed E-state index contributed by atoms with van der Waals surface area (Å²) in [5.41, 5.74) is 5.26. The topological polar surface area (TPSA) is 132 Å². The van der Waals surface area contributed by atoms with Gasteiger partial charge in [0.05, 0.1) is 28.8 Å². The Hall–Kier alpha value is -4.70. The second-order valence-corrected chi connectivity index (χ2v) is 9.88. The van der Waals surface area contributed by atoms with Crippen molar-refractivity contribution in [3.63, 3.8) is 0 Å². The van der Waals surface area contributed by atoms with Gasteiger partial charge in [0.2, 0.25) is 5.82 Å². The van der Waals surface area contributed by atoms with E-state index in [0.29, 0.717) is 33.7 Å². The first-order chi connectivity index (χ1) is 18.7. The van der Waals surface area contributed by atoms with E-state index >= 15 is 0 Å². The van der Waals surface area contributed by atoms with Crippen LogP contribution in [-0.2, 0) is 7.05 Å². The summed E-state index contributed by atoms with van der Waals surface area (Å²) in [5, 5.41) is 13.1. The third-order valence-corrected chi connectivity index (χ3v) is 6.98. The highest BCUT2D eigenvalue weighted by atomic mass is 35.5. The number of H-pyrrole nitrogens is 1. The van der Waals surface area contributed by atoms with Crippen molar-refractivity contribution in [1.29, 1.82) is 0 Å². The number of nitrogens with zero attached hydrogens (tertiary/aromatic N) is 4.